The maximum Gasteiger partial charge on any atom is 0.269 e. The molecule has 0 aliphatic carbocycles. The number of benzene rings is 2. The summed E-state index contributed by atoms with van der Waals surface area (Å²) >= 11 is 3.35. The van der Waals surface area contributed by atoms with Gasteiger partial charge >= 0.3 is 0 Å². The Hall–Kier alpha value is -2.74. The van der Waals surface area contributed by atoms with Crippen molar-refractivity contribution < 1.29 is 14.5 Å². The molecule has 0 aliphatic rings. The number of rotatable bonds is 6. The van der Waals surface area contributed by atoms with Crippen LogP contribution >= 0.6 is 15.9 Å². The molecule has 8 heteroatoms. The molecule has 1 amide bonds. The molecule has 0 aliphatic heterocycles. The van der Waals surface area contributed by atoms with E-state index in [1.54, 1.807) is 25.3 Å². The molecular formula is C16H14BrN3O4. The minimum Gasteiger partial charge on any atom is -0.496 e. The van der Waals surface area contributed by atoms with Crippen molar-refractivity contribution in [3.05, 3.63) is 68.2 Å². The van der Waals surface area contributed by atoms with Crippen molar-refractivity contribution in [2.24, 2.45) is 5.10 Å². The number of hydrazone groups is 1. The predicted octanol–water partition coefficient (Wildman–Crippen LogP) is 3.06. The number of amides is 1. The summed E-state index contributed by atoms with van der Waals surface area (Å²) in [5.41, 5.74) is 3.77. The number of methoxy groups -OCH3 is 1. The van der Waals surface area contributed by atoms with Crippen molar-refractivity contribution in [3.63, 3.8) is 0 Å². The number of halogens is 1. The molecule has 2 aromatic carbocycles. The van der Waals surface area contributed by atoms with Crippen molar-refractivity contribution in [2.75, 3.05) is 7.11 Å². The molecule has 0 spiro atoms. The van der Waals surface area contributed by atoms with E-state index >= 15 is 0 Å². The van der Waals surface area contributed by atoms with E-state index in [1.165, 1.54) is 18.3 Å². The second-order valence-corrected chi connectivity index (χ2v) is 5.70. The Morgan fingerprint density at radius 3 is 2.67 bits per heavy atom. The maximum absolute atomic E-state index is 11.8. The molecule has 0 atom stereocenters. The fourth-order valence-corrected chi connectivity index (χ4v) is 2.32. The lowest BCUT2D eigenvalue weighted by Gasteiger charge is -2.04. The van der Waals surface area contributed by atoms with Crippen molar-refractivity contribution in [1.29, 1.82) is 0 Å². The molecule has 0 fully saturated rings. The first-order chi connectivity index (χ1) is 11.5. The molecule has 0 saturated carbocycles. The standard InChI is InChI=1S/C16H14BrN3O4/c1-24-15-7-4-13(17)9-12(15)10-18-19-16(21)8-11-2-5-14(6-3-11)20(22)23/h2-7,9-10H,8H2,1H3,(H,19,21)/b18-10+. The third-order valence-corrected chi connectivity index (χ3v) is 3.59. The molecule has 124 valence electrons. The van der Waals surface area contributed by atoms with Crippen LogP contribution in [0.25, 0.3) is 0 Å². The van der Waals surface area contributed by atoms with Gasteiger partial charge in [-0.1, -0.05) is 28.1 Å². The van der Waals surface area contributed by atoms with Crippen LogP contribution in [-0.2, 0) is 11.2 Å². The van der Waals surface area contributed by atoms with E-state index in [-0.39, 0.29) is 18.0 Å². The van der Waals surface area contributed by atoms with Gasteiger partial charge in [0, 0.05) is 22.2 Å². The van der Waals surface area contributed by atoms with Gasteiger partial charge in [-0.05, 0) is 23.8 Å². The first-order valence-electron chi connectivity index (χ1n) is 6.88. The molecule has 0 heterocycles. The molecule has 2 rings (SSSR count). The first kappa shape index (κ1) is 17.6. The Labute approximate surface area is 146 Å². The molecule has 0 unspecified atom stereocenters. The number of nitrogens with zero attached hydrogens (tertiary/aromatic N) is 2. The topological polar surface area (TPSA) is 93.8 Å². The lowest BCUT2D eigenvalue weighted by atomic mass is 10.1. The van der Waals surface area contributed by atoms with Gasteiger partial charge in [0.15, 0.2) is 0 Å². The number of ether oxygens (including phenoxy) is 1. The fourth-order valence-electron chi connectivity index (χ4n) is 1.94. The minimum atomic E-state index is -0.487. The normalized spacial score (nSPS) is 10.6. The Bertz CT molecular complexity index is 775. The summed E-state index contributed by atoms with van der Waals surface area (Å²) in [6, 6.07) is 11.2. The van der Waals surface area contributed by atoms with Crippen LogP contribution in [-0.4, -0.2) is 24.2 Å². The number of hydrogen-bond acceptors (Lipinski definition) is 5. The number of hydrogen-bond donors (Lipinski definition) is 1. The quantitative estimate of drug-likeness (QED) is 0.465. The Balaban J connectivity index is 1.95. The monoisotopic (exact) mass is 391 g/mol. The van der Waals surface area contributed by atoms with Crippen LogP contribution in [0.3, 0.4) is 0 Å². The largest absolute Gasteiger partial charge is 0.496 e. The van der Waals surface area contributed by atoms with E-state index in [0.717, 1.165) is 4.47 Å². The summed E-state index contributed by atoms with van der Waals surface area (Å²) in [4.78, 5) is 21.9. The summed E-state index contributed by atoms with van der Waals surface area (Å²) in [7, 11) is 1.55. The zero-order chi connectivity index (χ0) is 17.5. The summed E-state index contributed by atoms with van der Waals surface area (Å²) in [6.45, 7) is 0. The molecular weight excluding hydrogens is 378 g/mol. The molecule has 0 aromatic heterocycles. The smallest absolute Gasteiger partial charge is 0.269 e. The average Bonchev–Trinajstić information content (AvgIpc) is 2.55. The van der Waals surface area contributed by atoms with Gasteiger partial charge in [0.05, 0.1) is 24.7 Å². The van der Waals surface area contributed by atoms with Crippen LogP contribution in [0.15, 0.2) is 52.0 Å². The van der Waals surface area contributed by atoms with E-state index in [0.29, 0.717) is 16.9 Å². The van der Waals surface area contributed by atoms with Crippen molar-refractivity contribution in [3.8, 4) is 5.75 Å². The molecule has 1 N–H and O–H groups in total. The van der Waals surface area contributed by atoms with Crippen LogP contribution in [0, 0.1) is 10.1 Å². The van der Waals surface area contributed by atoms with Crippen LogP contribution in [0.5, 0.6) is 5.75 Å². The van der Waals surface area contributed by atoms with E-state index in [9.17, 15) is 14.9 Å². The van der Waals surface area contributed by atoms with Crippen LogP contribution in [0.2, 0.25) is 0 Å². The first-order valence-corrected chi connectivity index (χ1v) is 7.67. The van der Waals surface area contributed by atoms with Gasteiger partial charge in [-0.25, -0.2) is 5.43 Å². The van der Waals surface area contributed by atoms with Crippen LogP contribution in [0.4, 0.5) is 5.69 Å². The molecule has 7 nitrogen and oxygen atoms in total. The van der Waals surface area contributed by atoms with Crippen molar-refractivity contribution >= 4 is 33.7 Å². The zero-order valence-corrected chi connectivity index (χ0v) is 14.3. The van der Waals surface area contributed by atoms with Gasteiger partial charge in [-0.15, -0.1) is 0 Å². The average molecular weight is 392 g/mol. The highest BCUT2D eigenvalue weighted by molar-refractivity contribution is 9.10. The number of nitro benzene ring substituents is 1. The summed E-state index contributed by atoms with van der Waals surface area (Å²) in [5.74, 6) is 0.306. The Morgan fingerprint density at radius 1 is 1.33 bits per heavy atom. The lowest BCUT2D eigenvalue weighted by molar-refractivity contribution is -0.384. The molecule has 0 bridgehead atoms. The van der Waals surface area contributed by atoms with Gasteiger partial charge < -0.3 is 4.74 Å². The predicted molar refractivity (Wildman–Crippen MR) is 93.2 cm³/mol. The molecule has 2 aromatic rings. The third kappa shape index (κ3) is 4.88. The van der Waals surface area contributed by atoms with Crippen molar-refractivity contribution in [2.45, 2.75) is 6.42 Å². The number of carbonyl (C=O) groups is 1. The zero-order valence-electron chi connectivity index (χ0n) is 12.7. The van der Waals surface area contributed by atoms with Gasteiger partial charge in [-0.3, -0.25) is 14.9 Å². The van der Waals surface area contributed by atoms with Gasteiger partial charge in [0.25, 0.3) is 5.69 Å². The highest BCUT2D eigenvalue weighted by atomic mass is 79.9. The van der Waals surface area contributed by atoms with Crippen molar-refractivity contribution in [1.82, 2.24) is 5.43 Å². The van der Waals surface area contributed by atoms with E-state index in [1.807, 2.05) is 12.1 Å². The lowest BCUT2D eigenvalue weighted by Crippen LogP contribution is -2.19. The number of non-ortho nitro benzene ring substituents is 1. The Morgan fingerprint density at radius 2 is 2.04 bits per heavy atom. The highest BCUT2D eigenvalue weighted by Crippen LogP contribution is 2.21. The van der Waals surface area contributed by atoms with Gasteiger partial charge in [-0.2, -0.15) is 5.10 Å². The number of carbonyl (C=O) groups excluding carboxylic acids is 1. The van der Waals surface area contributed by atoms with Gasteiger partial charge in [0.2, 0.25) is 5.91 Å². The second kappa shape index (κ2) is 8.21. The minimum absolute atomic E-state index is 0.0149. The number of nitrogens with one attached hydrogen (secondary N) is 1. The maximum atomic E-state index is 11.8. The van der Waals surface area contributed by atoms with Gasteiger partial charge in [0.1, 0.15) is 5.75 Å². The summed E-state index contributed by atoms with van der Waals surface area (Å²) in [6.07, 6.45) is 1.56. The highest BCUT2D eigenvalue weighted by Gasteiger charge is 2.07. The van der Waals surface area contributed by atoms with E-state index < -0.39 is 4.92 Å². The Kier molecular flexibility index (Phi) is 6.02. The summed E-state index contributed by atoms with van der Waals surface area (Å²) < 4.78 is 6.07. The second-order valence-electron chi connectivity index (χ2n) is 4.78. The molecule has 0 saturated heterocycles. The van der Waals surface area contributed by atoms with Crippen LogP contribution in [0.1, 0.15) is 11.1 Å². The fraction of sp³-hybridized carbons (Fsp3) is 0.125. The molecule has 0 radical (unpaired) electrons. The molecule has 24 heavy (non-hydrogen) atoms. The van der Waals surface area contributed by atoms with Crippen LogP contribution < -0.4 is 10.2 Å². The van der Waals surface area contributed by atoms with E-state index in [4.69, 9.17) is 4.74 Å². The SMILES string of the molecule is COc1ccc(Br)cc1/C=N/NC(=O)Cc1ccc([N+](=O)[O-])cc1. The third-order valence-electron chi connectivity index (χ3n) is 3.10. The number of nitro groups is 1. The van der Waals surface area contributed by atoms with E-state index in [2.05, 4.69) is 26.5 Å². The summed E-state index contributed by atoms with van der Waals surface area (Å²) in [5, 5.41) is 14.5.